The summed E-state index contributed by atoms with van der Waals surface area (Å²) >= 11 is 0. The molecule has 0 amide bonds. The number of allylic oxidation sites excluding steroid dienone is 1. The number of carbonyl (C=O) groups is 2. The first-order valence-electron chi connectivity index (χ1n) is 8.50. The molecule has 1 N–H and O–H groups in total. The number of hydrogen-bond donors (Lipinski definition) is 1. The molecule has 0 spiro atoms. The van der Waals surface area contributed by atoms with E-state index in [-0.39, 0.29) is 29.9 Å². The fraction of sp³-hybridized carbons (Fsp3) is 0.333. The van der Waals surface area contributed by atoms with E-state index in [1.54, 1.807) is 6.07 Å². The lowest BCUT2D eigenvalue weighted by Gasteiger charge is -2.42. The Hall–Kier alpha value is -2.46. The standard InChI is InChI=1S/C21H20O4/c1-11-5-4-6-14-13(11)7-8-15-16(14)19(24)20-17(18(15)23)21(3,10-22)12(2)9-25-20/h4-8,12,22H,9-10H2,1-3H3/t12-,21-/m0/s1. The highest BCUT2D eigenvalue weighted by Gasteiger charge is 2.49. The molecular formula is C21H20O4. The summed E-state index contributed by atoms with van der Waals surface area (Å²) in [7, 11) is 0. The van der Waals surface area contributed by atoms with Gasteiger partial charge in [-0.1, -0.05) is 38.1 Å². The van der Waals surface area contributed by atoms with Gasteiger partial charge in [0.25, 0.3) is 0 Å². The number of rotatable bonds is 1. The van der Waals surface area contributed by atoms with Crippen molar-refractivity contribution in [1.29, 1.82) is 0 Å². The van der Waals surface area contributed by atoms with E-state index in [9.17, 15) is 14.7 Å². The Kier molecular flexibility index (Phi) is 3.38. The van der Waals surface area contributed by atoms with Crippen molar-refractivity contribution in [3.63, 3.8) is 0 Å². The van der Waals surface area contributed by atoms with Crippen LogP contribution in [0.15, 0.2) is 41.7 Å². The second kappa shape index (κ2) is 5.27. The summed E-state index contributed by atoms with van der Waals surface area (Å²) in [5.41, 5.74) is 1.41. The number of hydrogen-bond acceptors (Lipinski definition) is 4. The summed E-state index contributed by atoms with van der Waals surface area (Å²) in [5, 5.41) is 11.7. The van der Waals surface area contributed by atoms with E-state index < -0.39 is 5.41 Å². The molecule has 1 aliphatic heterocycles. The molecule has 2 aromatic rings. The number of carbonyl (C=O) groups excluding carboxylic acids is 2. The van der Waals surface area contributed by atoms with Crippen molar-refractivity contribution in [2.24, 2.45) is 11.3 Å². The van der Waals surface area contributed by atoms with E-state index in [1.807, 2.05) is 45.0 Å². The van der Waals surface area contributed by atoms with E-state index in [4.69, 9.17) is 4.74 Å². The van der Waals surface area contributed by atoms with Gasteiger partial charge in [-0.25, -0.2) is 0 Å². The number of ketones is 2. The van der Waals surface area contributed by atoms with Crippen molar-refractivity contribution in [2.75, 3.05) is 13.2 Å². The van der Waals surface area contributed by atoms with Crippen molar-refractivity contribution in [1.82, 2.24) is 0 Å². The van der Waals surface area contributed by atoms with Crippen LogP contribution in [0.25, 0.3) is 10.8 Å². The maximum absolute atomic E-state index is 13.2. The third-order valence-electron chi connectivity index (χ3n) is 5.88. The molecule has 0 fully saturated rings. The Balaban J connectivity index is 2.04. The largest absolute Gasteiger partial charge is 0.489 e. The van der Waals surface area contributed by atoms with Crippen molar-refractivity contribution in [3.05, 3.63) is 58.4 Å². The zero-order chi connectivity index (χ0) is 17.9. The number of fused-ring (bicyclic) bond motifs is 3. The van der Waals surface area contributed by atoms with Gasteiger partial charge in [-0.2, -0.15) is 0 Å². The van der Waals surface area contributed by atoms with Gasteiger partial charge in [-0.05, 0) is 29.3 Å². The van der Waals surface area contributed by atoms with Gasteiger partial charge >= 0.3 is 0 Å². The van der Waals surface area contributed by atoms with Crippen LogP contribution < -0.4 is 0 Å². The van der Waals surface area contributed by atoms with Crippen LogP contribution in [-0.2, 0) is 4.74 Å². The Morgan fingerprint density at radius 3 is 2.64 bits per heavy atom. The van der Waals surface area contributed by atoms with Gasteiger partial charge in [0.2, 0.25) is 5.78 Å². The molecule has 0 unspecified atom stereocenters. The summed E-state index contributed by atoms with van der Waals surface area (Å²) in [6.45, 7) is 5.86. The van der Waals surface area contributed by atoms with Crippen LogP contribution in [0, 0.1) is 18.3 Å². The molecule has 128 valence electrons. The monoisotopic (exact) mass is 336 g/mol. The first-order valence-corrected chi connectivity index (χ1v) is 8.50. The molecule has 2 aliphatic rings. The third-order valence-corrected chi connectivity index (χ3v) is 5.88. The van der Waals surface area contributed by atoms with Crippen molar-refractivity contribution in [3.8, 4) is 0 Å². The molecule has 0 bridgehead atoms. The molecule has 4 rings (SSSR count). The molecule has 0 saturated heterocycles. The molecule has 0 aromatic heterocycles. The molecule has 1 aliphatic carbocycles. The second-order valence-corrected chi connectivity index (χ2v) is 7.31. The van der Waals surface area contributed by atoms with Crippen molar-refractivity contribution in [2.45, 2.75) is 20.8 Å². The summed E-state index contributed by atoms with van der Waals surface area (Å²) in [5.74, 6) is -0.415. The zero-order valence-corrected chi connectivity index (χ0v) is 14.6. The highest BCUT2D eigenvalue weighted by molar-refractivity contribution is 6.30. The van der Waals surface area contributed by atoms with Gasteiger partial charge in [-0.15, -0.1) is 0 Å². The Labute approximate surface area is 146 Å². The van der Waals surface area contributed by atoms with E-state index in [0.29, 0.717) is 23.3 Å². The van der Waals surface area contributed by atoms with Gasteiger partial charge in [0.05, 0.1) is 18.8 Å². The molecule has 2 aromatic carbocycles. The van der Waals surface area contributed by atoms with Crippen LogP contribution in [0.2, 0.25) is 0 Å². The Bertz CT molecular complexity index is 969. The third kappa shape index (κ3) is 1.97. The molecule has 2 atom stereocenters. The second-order valence-electron chi connectivity index (χ2n) is 7.31. The number of Topliss-reactive ketones (excluding diaryl/α,β-unsaturated/α-hetero) is 2. The molecule has 0 radical (unpaired) electrons. The van der Waals surface area contributed by atoms with Gasteiger partial charge in [0.15, 0.2) is 11.5 Å². The maximum Gasteiger partial charge on any atom is 0.229 e. The topological polar surface area (TPSA) is 63.6 Å². The lowest BCUT2D eigenvalue weighted by atomic mass is 9.66. The molecule has 4 heteroatoms. The fourth-order valence-electron chi connectivity index (χ4n) is 3.94. The highest BCUT2D eigenvalue weighted by atomic mass is 16.5. The number of aliphatic hydroxyl groups is 1. The number of benzene rings is 2. The lowest BCUT2D eigenvalue weighted by Crippen LogP contribution is -2.45. The molecule has 0 saturated carbocycles. The predicted octanol–water partition coefficient (Wildman–Crippen LogP) is 3.45. The first kappa shape index (κ1) is 16.0. The minimum atomic E-state index is -0.778. The number of aryl methyl sites for hydroxylation is 1. The van der Waals surface area contributed by atoms with Gasteiger partial charge in [0.1, 0.15) is 0 Å². The minimum absolute atomic E-state index is 0.0581. The van der Waals surface area contributed by atoms with Crippen LogP contribution in [0.1, 0.15) is 40.1 Å². The zero-order valence-electron chi connectivity index (χ0n) is 14.6. The van der Waals surface area contributed by atoms with E-state index in [1.165, 1.54) is 0 Å². The van der Waals surface area contributed by atoms with Crippen molar-refractivity contribution >= 4 is 22.3 Å². The van der Waals surface area contributed by atoms with Crippen LogP contribution >= 0.6 is 0 Å². The van der Waals surface area contributed by atoms with E-state index in [2.05, 4.69) is 0 Å². The average molecular weight is 336 g/mol. The van der Waals surface area contributed by atoms with Crippen LogP contribution in [0.5, 0.6) is 0 Å². The van der Waals surface area contributed by atoms with Crippen molar-refractivity contribution < 1.29 is 19.4 Å². The molecule has 1 heterocycles. The molecule has 25 heavy (non-hydrogen) atoms. The summed E-state index contributed by atoms with van der Waals surface area (Å²) in [4.78, 5) is 26.5. The van der Waals surface area contributed by atoms with Gasteiger partial charge in [0, 0.05) is 22.5 Å². The van der Waals surface area contributed by atoms with E-state index >= 15 is 0 Å². The highest BCUT2D eigenvalue weighted by Crippen LogP contribution is 2.46. The maximum atomic E-state index is 13.2. The Morgan fingerprint density at radius 2 is 1.92 bits per heavy atom. The molecular weight excluding hydrogens is 316 g/mol. The lowest BCUT2D eigenvalue weighted by molar-refractivity contribution is 0.0254. The quantitative estimate of drug-likeness (QED) is 0.866. The first-order chi connectivity index (χ1) is 11.9. The van der Waals surface area contributed by atoms with Crippen LogP contribution in [0.3, 0.4) is 0 Å². The fourth-order valence-corrected chi connectivity index (χ4v) is 3.94. The summed E-state index contributed by atoms with van der Waals surface area (Å²) in [6.07, 6.45) is 0. The summed E-state index contributed by atoms with van der Waals surface area (Å²) in [6, 6.07) is 9.36. The predicted molar refractivity (Wildman–Crippen MR) is 94.7 cm³/mol. The number of ether oxygens (including phenoxy) is 1. The SMILES string of the molecule is Cc1cccc2c3c(ccc12)C(=O)C1=C(OC[C@H](C)[C@]1(C)CO)C3=O. The minimum Gasteiger partial charge on any atom is -0.489 e. The Morgan fingerprint density at radius 1 is 1.16 bits per heavy atom. The van der Waals surface area contributed by atoms with Gasteiger partial charge in [-0.3, -0.25) is 9.59 Å². The summed E-state index contributed by atoms with van der Waals surface area (Å²) < 4.78 is 5.71. The van der Waals surface area contributed by atoms with Gasteiger partial charge < -0.3 is 9.84 Å². The van der Waals surface area contributed by atoms with E-state index in [0.717, 1.165) is 16.3 Å². The normalized spacial score (nSPS) is 25.7. The van der Waals surface area contributed by atoms with Crippen LogP contribution in [0.4, 0.5) is 0 Å². The average Bonchev–Trinajstić information content (AvgIpc) is 2.61. The van der Waals surface area contributed by atoms with Crippen LogP contribution in [-0.4, -0.2) is 29.9 Å². The number of aliphatic hydroxyl groups excluding tert-OH is 1. The smallest absolute Gasteiger partial charge is 0.229 e. The molecule has 4 nitrogen and oxygen atoms in total.